The van der Waals surface area contributed by atoms with Crippen molar-refractivity contribution >= 4 is 28.3 Å². The lowest BCUT2D eigenvalue weighted by atomic mass is 10.1. The zero-order valence-corrected chi connectivity index (χ0v) is 17.3. The second-order valence-corrected chi connectivity index (χ2v) is 7.88. The van der Waals surface area contributed by atoms with Gasteiger partial charge in [0.25, 0.3) is 5.91 Å². The Labute approximate surface area is 179 Å². The molecule has 1 aliphatic rings. The van der Waals surface area contributed by atoms with Crippen LogP contribution in [0, 0.1) is 0 Å². The van der Waals surface area contributed by atoms with Crippen molar-refractivity contribution in [2.75, 3.05) is 37.4 Å². The van der Waals surface area contributed by atoms with E-state index in [1.54, 1.807) is 24.7 Å². The second kappa shape index (κ2) is 7.81. The fourth-order valence-corrected chi connectivity index (χ4v) is 3.61. The first-order chi connectivity index (χ1) is 15.1. The Morgan fingerprint density at radius 3 is 2.74 bits per heavy atom. The van der Waals surface area contributed by atoms with E-state index >= 15 is 0 Å². The number of carbonyl (C=O) groups excluding carboxylic acids is 1. The molecule has 156 valence electrons. The number of oxazole rings is 1. The fraction of sp³-hybridized carbons (Fsp3) is 0.217. The van der Waals surface area contributed by atoms with Gasteiger partial charge in [0.1, 0.15) is 11.6 Å². The van der Waals surface area contributed by atoms with Gasteiger partial charge in [-0.05, 0) is 43.7 Å². The van der Waals surface area contributed by atoms with E-state index in [0.29, 0.717) is 23.2 Å². The van der Waals surface area contributed by atoms with Gasteiger partial charge in [0.2, 0.25) is 0 Å². The Morgan fingerprint density at radius 1 is 1.10 bits per heavy atom. The summed E-state index contributed by atoms with van der Waals surface area (Å²) in [4.78, 5) is 30.0. The number of amides is 1. The predicted octanol–water partition coefficient (Wildman–Crippen LogP) is 3.29. The summed E-state index contributed by atoms with van der Waals surface area (Å²) < 4.78 is 5.38. The molecule has 1 amide bonds. The van der Waals surface area contributed by atoms with Crippen LogP contribution in [0.15, 0.2) is 65.8 Å². The Bertz CT molecular complexity index is 1230. The van der Waals surface area contributed by atoms with Crippen molar-refractivity contribution in [3.05, 3.63) is 66.9 Å². The number of rotatable bonds is 5. The summed E-state index contributed by atoms with van der Waals surface area (Å²) in [7, 11) is 4.15. The molecule has 1 fully saturated rings. The van der Waals surface area contributed by atoms with Gasteiger partial charge >= 0.3 is 0 Å². The van der Waals surface area contributed by atoms with Gasteiger partial charge in [0.15, 0.2) is 12.2 Å². The number of carbonyl (C=O) groups is 1. The van der Waals surface area contributed by atoms with Crippen molar-refractivity contribution in [1.29, 1.82) is 0 Å². The normalized spacial score (nSPS) is 14.1. The highest BCUT2D eigenvalue weighted by Crippen LogP contribution is 2.26. The summed E-state index contributed by atoms with van der Waals surface area (Å²) in [5, 5.41) is 4.82. The minimum absolute atomic E-state index is 0.216. The molecule has 0 saturated carbocycles. The number of nitrogens with one attached hydrogen (secondary N) is 1. The van der Waals surface area contributed by atoms with E-state index < -0.39 is 0 Å². The molecule has 0 unspecified atom stereocenters. The number of likely N-dealkylation sites (N-methyl/N-ethyl adjacent to an activating group) is 1. The third kappa shape index (κ3) is 3.85. The molecule has 0 radical (unpaired) electrons. The quantitative estimate of drug-likeness (QED) is 0.536. The van der Waals surface area contributed by atoms with E-state index in [0.717, 1.165) is 35.2 Å². The largest absolute Gasteiger partial charge is 0.444 e. The molecule has 4 heterocycles. The molecule has 8 heteroatoms. The van der Waals surface area contributed by atoms with Crippen LogP contribution in [0.2, 0.25) is 0 Å². The van der Waals surface area contributed by atoms with Crippen LogP contribution in [0.25, 0.3) is 22.1 Å². The van der Waals surface area contributed by atoms with Gasteiger partial charge in [-0.25, -0.2) is 15.0 Å². The van der Waals surface area contributed by atoms with Crippen molar-refractivity contribution in [2.45, 2.75) is 6.04 Å². The van der Waals surface area contributed by atoms with Gasteiger partial charge in [-0.2, -0.15) is 0 Å². The standard InChI is InChI=1S/C23H22N6O2/c1-28(2)19-12-29(13-19)22-9-16(5-6-25-22)23(30)27-21-8-18-7-15(20-11-24-14-31-20)3-4-17(18)10-26-21/h3-11,14,19H,12-13H2,1-2H3,(H,26,27,30). The topological polar surface area (TPSA) is 87.4 Å². The lowest BCUT2D eigenvalue weighted by Crippen LogP contribution is -2.57. The van der Waals surface area contributed by atoms with Crippen molar-refractivity contribution in [2.24, 2.45) is 0 Å². The van der Waals surface area contributed by atoms with Crippen molar-refractivity contribution in [3.8, 4) is 11.3 Å². The summed E-state index contributed by atoms with van der Waals surface area (Å²) >= 11 is 0. The highest BCUT2D eigenvalue weighted by molar-refractivity contribution is 6.05. The average Bonchev–Trinajstić information content (AvgIpc) is 3.27. The summed E-state index contributed by atoms with van der Waals surface area (Å²) in [5.74, 6) is 1.78. The maximum atomic E-state index is 12.8. The van der Waals surface area contributed by atoms with E-state index in [1.807, 2.05) is 30.3 Å². The smallest absolute Gasteiger partial charge is 0.257 e. The van der Waals surface area contributed by atoms with Crippen molar-refractivity contribution in [3.63, 3.8) is 0 Å². The lowest BCUT2D eigenvalue weighted by molar-refractivity contribution is 0.102. The molecule has 1 N–H and O–H groups in total. The highest BCUT2D eigenvalue weighted by atomic mass is 16.3. The number of hydrogen-bond acceptors (Lipinski definition) is 7. The molecular formula is C23H22N6O2. The van der Waals surface area contributed by atoms with Gasteiger partial charge in [0, 0.05) is 48.0 Å². The lowest BCUT2D eigenvalue weighted by Gasteiger charge is -2.43. The molecule has 5 rings (SSSR count). The fourth-order valence-electron chi connectivity index (χ4n) is 3.61. The van der Waals surface area contributed by atoms with Crippen LogP contribution in [-0.4, -0.2) is 59.0 Å². The van der Waals surface area contributed by atoms with E-state index in [4.69, 9.17) is 4.42 Å². The summed E-state index contributed by atoms with van der Waals surface area (Å²) in [6.07, 6.45) is 6.49. The summed E-state index contributed by atoms with van der Waals surface area (Å²) in [6, 6.07) is 11.8. The summed E-state index contributed by atoms with van der Waals surface area (Å²) in [6.45, 7) is 1.82. The van der Waals surface area contributed by atoms with Gasteiger partial charge in [0.05, 0.1) is 6.20 Å². The molecular weight excluding hydrogens is 392 g/mol. The molecule has 0 atom stereocenters. The maximum Gasteiger partial charge on any atom is 0.257 e. The van der Waals surface area contributed by atoms with Crippen LogP contribution in [0.5, 0.6) is 0 Å². The summed E-state index contributed by atoms with van der Waals surface area (Å²) in [5.41, 5.74) is 1.47. The molecule has 4 aromatic rings. The van der Waals surface area contributed by atoms with E-state index in [2.05, 4.69) is 44.2 Å². The van der Waals surface area contributed by atoms with Gasteiger partial charge in [-0.15, -0.1) is 0 Å². The number of hydrogen-bond donors (Lipinski definition) is 1. The van der Waals surface area contributed by atoms with Gasteiger partial charge in [-0.3, -0.25) is 4.79 Å². The average molecular weight is 414 g/mol. The van der Waals surface area contributed by atoms with Crippen LogP contribution < -0.4 is 10.2 Å². The van der Waals surface area contributed by atoms with Crippen LogP contribution in [0.3, 0.4) is 0 Å². The molecule has 8 nitrogen and oxygen atoms in total. The molecule has 0 aliphatic carbocycles. The predicted molar refractivity (Wildman–Crippen MR) is 119 cm³/mol. The first-order valence-electron chi connectivity index (χ1n) is 10.0. The van der Waals surface area contributed by atoms with Crippen LogP contribution in [-0.2, 0) is 0 Å². The molecule has 1 aromatic carbocycles. The SMILES string of the molecule is CN(C)C1CN(c2cc(C(=O)Nc3cc4cc(-c5cnco5)ccc4cn3)ccn2)C1. The Hall–Kier alpha value is -3.78. The van der Waals surface area contributed by atoms with Crippen LogP contribution in [0.1, 0.15) is 10.4 Å². The number of aromatic nitrogens is 3. The monoisotopic (exact) mass is 414 g/mol. The Balaban J connectivity index is 1.34. The number of fused-ring (bicyclic) bond motifs is 1. The number of pyridine rings is 2. The van der Waals surface area contributed by atoms with E-state index in [9.17, 15) is 4.79 Å². The Kier molecular flexibility index (Phi) is 4.83. The third-order valence-corrected chi connectivity index (χ3v) is 5.60. The first-order valence-corrected chi connectivity index (χ1v) is 10.0. The number of anilines is 2. The minimum Gasteiger partial charge on any atom is -0.444 e. The zero-order valence-electron chi connectivity index (χ0n) is 17.3. The third-order valence-electron chi connectivity index (χ3n) is 5.60. The van der Waals surface area contributed by atoms with Gasteiger partial charge in [-0.1, -0.05) is 12.1 Å². The number of benzene rings is 1. The van der Waals surface area contributed by atoms with Crippen LogP contribution >= 0.6 is 0 Å². The first kappa shape index (κ1) is 19.2. The van der Waals surface area contributed by atoms with E-state index in [-0.39, 0.29) is 5.91 Å². The molecule has 1 saturated heterocycles. The van der Waals surface area contributed by atoms with Gasteiger partial charge < -0.3 is 19.5 Å². The molecule has 0 spiro atoms. The second-order valence-electron chi connectivity index (χ2n) is 7.88. The molecule has 0 bridgehead atoms. The molecule has 3 aromatic heterocycles. The van der Waals surface area contributed by atoms with E-state index in [1.165, 1.54) is 6.39 Å². The van der Waals surface area contributed by atoms with Crippen LogP contribution in [0.4, 0.5) is 11.6 Å². The number of nitrogens with zero attached hydrogens (tertiary/aromatic N) is 5. The van der Waals surface area contributed by atoms with Crippen molar-refractivity contribution < 1.29 is 9.21 Å². The highest BCUT2D eigenvalue weighted by Gasteiger charge is 2.29. The molecule has 31 heavy (non-hydrogen) atoms. The molecule has 1 aliphatic heterocycles. The zero-order chi connectivity index (χ0) is 21.4. The van der Waals surface area contributed by atoms with Crippen molar-refractivity contribution in [1.82, 2.24) is 19.9 Å². The minimum atomic E-state index is -0.216. The Morgan fingerprint density at radius 2 is 1.97 bits per heavy atom. The maximum absolute atomic E-state index is 12.8.